The first-order valence-electron chi connectivity index (χ1n) is 6.92. The predicted molar refractivity (Wildman–Crippen MR) is 79.6 cm³/mol. The number of anilines is 2. The third-order valence-electron chi connectivity index (χ3n) is 3.36. The molecular weight excluding hydrogens is 238 g/mol. The van der Waals surface area contributed by atoms with Gasteiger partial charge in [-0.1, -0.05) is 26.8 Å². The molecule has 1 unspecified atom stereocenters. The molecular formula is C15H23N3O. The molecule has 2 N–H and O–H groups in total. The highest BCUT2D eigenvalue weighted by Gasteiger charge is 2.29. The predicted octanol–water partition coefficient (Wildman–Crippen LogP) is 2.38. The fourth-order valence-corrected chi connectivity index (χ4v) is 2.55. The molecule has 0 spiro atoms. The Balaban J connectivity index is 2.22. The van der Waals surface area contributed by atoms with Crippen LogP contribution in [0.5, 0.6) is 0 Å². The number of likely N-dealkylation sites (N-methyl/N-ethyl adjacent to an activating group) is 1. The van der Waals surface area contributed by atoms with Crippen LogP contribution in [-0.2, 0) is 4.79 Å². The molecule has 0 bridgehead atoms. The minimum atomic E-state index is -0.204. The number of amides is 1. The number of fused-ring (bicyclic) bond motifs is 1. The van der Waals surface area contributed by atoms with Crippen molar-refractivity contribution in [2.24, 2.45) is 5.92 Å². The van der Waals surface area contributed by atoms with Crippen molar-refractivity contribution in [3.8, 4) is 0 Å². The number of nitrogens with one attached hydrogen (secondary N) is 2. The normalized spacial score (nSPS) is 17.5. The van der Waals surface area contributed by atoms with Crippen LogP contribution >= 0.6 is 0 Å². The maximum atomic E-state index is 11.9. The summed E-state index contributed by atoms with van der Waals surface area (Å²) in [5.41, 5.74) is 3.13. The number of benzene rings is 1. The second kappa shape index (κ2) is 5.61. The summed E-state index contributed by atoms with van der Waals surface area (Å²) in [5, 5.41) is 6.16. The fourth-order valence-electron chi connectivity index (χ4n) is 2.55. The Morgan fingerprint density at radius 1 is 1.42 bits per heavy atom. The molecule has 2 rings (SSSR count). The Hall–Kier alpha value is -1.55. The van der Waals surface area contributed by atoms with Gasteiger partial charge in [-0.15, -0.1) is 0 Å². The van der Waals surface area contributed by atoms with E-state index in [0.29, 0.717) is 5.92 Å². The van der Waals surface area contributed by atoms with Gasteiger partial charge in [0.25, 0.3) is 0 Å². The molecule has 0 aromatic heterocycles. The van der Waals surface area contributed by atoms with Gasteiger partial charge in [0.1, 0.15) is 6.04 Å². The standard InChI is InChI=1S/C15H23N3O/c1-5-16-14-12-7-6-11(18(4)9-10(2)3)8-13(12)17-15(14)19/h6-8,10,14,16H,5,9H2,1-4H3,(H,17,19). The molecule has 1 aliphatic heterocycles. The SMILES string of the molecule is CCNC1C(=O)Nc2cc(N(C)CC(C)C)ccc21. The minimum Gasteiger partial charge on any atom is -0.374 e. The quantitative estimate of drug-likeness (QED) is 0.855. The summed E-state index contributed by atoms with van der Waals surface area (Å²) < 4.78 is 0. The van der Waals surface area contributed by atoms with Crippen LogP contribution in [0, 0.1) is 5.92 Å². The summed E-state index contributed by atoms with van der Waals surface area (Å²) in [4.78, 5) is 14.1. The first-order chi connectivity index (χ1) is 9.02. The maximum Gasteiger partial charge on any atom is 0.246 e. The summed E-state index contributed by atoms with van der Waals surface area (Å²) in [6.45, 7) is 8.20. The van der Waals surface area contributed by atoms with Crippen LogP contribution < -0.4 is 15.5 Å². The van der Waals surface area contributed by atoms with Crippen molar-refractivity contribution in [2.75, 3.05) is 30.4 Å². The van der Waals surface area contributed by atoms with Crippen molar-refractivity contribution < 1.29 is 4.79 Å². The van der Waals surface area contributed by atoms with Gasteiger partial charge >= 0.3 is 0 Å². The highest BCUT2D eigenvalue weighted by Crippen LogP contribution is 2.33. The molecule has 0 radical (unpaired) electrons. The molecule has 1 heterocycles. The Bertz CT molecular complexity index is 470. The molecule has 1 aromatic rings. The molecule has 0 saturated heterocycles. The number of hydrogen-bond acceptors (Lipinski definition) is 3. The van der Waals surface area contributed by atoms with Crippen LogP contribution in [0.25, 0.3) is 0 Å². The van der Waals surface area contributed by atoms with Crippen LogP contribution in [0.2, 0.25) is 0 Å². The van der Waals surface area contributed by atoms with Crippen molar-refractivity contribution in [2.45, 2.75) is 26.8 Å². The highest BCUT2D eigenvalue weighted by atomic mass is 16.2. The van der Waals surface area contributed by atoms with Crippen LogP contribution in [-0.4, -0.2) is 26.0 Å². The van der Waals surface area contributed by atoms with E-state index in [4.69, 9.17) is 0 Å². The zero-order valence-corrected chi connectivity index (χ0v) is 12.2. The van der Waals surface area contributed by atoms with E-state index in [1.165, 1.54) is 0 Å². The lowest BCUT2D eigenvalue weighted by Gasteiger charge is -2.22. The molecule has 0 aliphatic carbocycles. The third-order valence-corrected chi connectivity index (χ3v) is 3.36. The molecule has 1 amide bonds. The highest BCUT2D eigenvalue weighted by molar-refractivity contribution is 6.03. The Labute approximate surface area is 115 Å². The van der Waals surface area contributed by atoms with Gasteiger partial charge in [0.05, 0.1) is 0 Å². The van der Waals surface area contributed by atoms with Gasteiger partial charge in [0.2, 0.25) is 5.91 Å². The van der Waals surface area contributed by atoms with E-state index >= 15 is 0 Å². The van der Waals surface area contributed by atoms with Crippen molar-refractivity contribution in [1.82, 2.24) is 5.32 Å². The average molecular weight is 261 g/mol. The Morgan fingerprint density at radius 3 is 2.79 bits per heavy atom. The molecule has 4 heteroatoms. The Kier molecular flexibility index (Phi) is 4.10. The van der Waals surface area contributed by atoms with Gasteiger partial charge < -0.3 is 15.5 Å². The van der Waals surface area contributed by atoms with Crippen LogP contribution in [0.4, 0.5) is 11.4 Å². The molecule has 4 nitrogen and oxygen atoms in total. The average Bonchev–Trinajstić information content (AvgIpc) is 2.65. The van der Waals surface area contributed by atoms with E-state index in [1.807, 2.05) is 13.0 Å². The zero-order chi connectivity index (χ0) is 14.0. The smallest absolute Gasteiger partial charge is 0.246 e. The monoisotopic (exact) mass is 261 g/mol. The van der Waals surface area contributed by atoms with E-state index in [1.54, 1.807) is 0 Å². The molecule has 1 aliphatic rings. The molecule has 1 atom stereocenters. The van der Waals surface area contributed by atoms with E-state index in [0.717, 1.165) is 30.0 Å². The largest absolute Gasteiger partial charge is 0.374 e. The van der Waals surface area contributed by atoms with Crippen molar-refractivity contribution in [3.05, 3.63) is 23.8 Å². The summed E-state index contributed by atoms with van der Waals surface area (Å²) in [5.74, 6) is 0.655. The molecule has 104 valence electrons. The second-order valence-corrected chi connectivity index (χ2v) is 5.53. The summed E-state index contributed by atoms with van der Waals surface area (Å²) in [6, 6.07) is 6.00. The third kappa shape index (κ3) is 2.89. The summed E-state index contributed by atoms with van der Waals surface area (Å²) >= 11 is 0. The topological polar surface area (TPSA) is 44.4 Å². The van der Waals surface area contributed by atoms with Crippen molar-refractivity contribution in [3.63, 3.8) is 0 Å². The van der Waals surface area contributed by atoms with Gasteiger partial charge in [-0.2, -0.15) is 0 Å². The molecule has 0 fully saturated rings. The Morgan fingerprint density at radius 2 is 2.16 bits per heavy atom. The maximum absolute atomic E-state index is 11.9. The first-order valence-corrected chi connectivity index (χ1v) is 6.92. The van der Waals surface area contributed by atoms with Crippen LogP contribution in [0.1, 0.15) is 32.4 Å². The molecule has 19 heavy (non-hydrogen) atoms. The first kappa shape index (κ1) is 13.9. The van der Waals surface area contributed by atoms with Gasteiger partial charge in [0.15, 0.2) is 0 Å². The lowest BCUT2D eigenvalue weighted by molar-refractivity contribution is -0.117. The number of carbonyl (C=O) groups is 1. The number of carbonyl (C=O) groups excluding carboxylic acids is 1. The van der Waals surface area contributed by atoms with Crippen LogP contribution in [0.15, 0.2) is 18.2 Å². The van der Waals surface area contributed by atoms with Crippen LogP contribution in [0.3, 0.4) is 0 Å². The molecule has 1 aromatic carbocycles. The lowest BCUT2D eigenvalue weighted by atomic mass is 10.1. The van der Waals surface area contributed by atoms with Crippen molar-refractivity contribution >= 4 is 17.3 Å². The van der Waals surface area contributed by atoms with E-state index in [2.05, 4.69) is 48.6 Å². The number of hydrogen-bond donors (Lipinski definition) is 2. The van der Waals surface area contributed by atoms with E-state index in [-0.39, 0.29) is 11.9 Å². The van der Waals surface area contributed by atoms with E-state index < -0.39 is 0 Å². The summed E-state index contributed by atoms with van der Waals surface area (Å²) in [6.07, 6.45) is 0. The number of nitrogens with zero attached hydrogens (tertiary/aromatic N) is 1. The van der Waals surface area contributed by atoms with Gasteiger partial charge in [0, 0.05) is 30.5 Å². The summed E-state index contributed by atoms with van der Waals surface area (Å²) in [7, 11) is 2.08. The van der Waals surface area contributed by atoms with Gasteiger partial charge in [-0.05, 0) is 24.6 Å². The second-order valence-electron chi connectivity index (χ2n) is 5.53. The molecule has 0 saturated carbocycles. The lowest BCUT2D eigenvalue weighted by Crippen LogP contribution is -2.27. The number of rotatable bonds is 5. The zero-order valence-electron chi connectivity index (χ0n) is 12.2. The van der Waals surface area contributed by atoms with Gasteiger partial charge in [-0.25, -0.2) is 0 Å². The van der Waals surface area contributed by atoms with Gasteiger partial charge in [-0.3, -0.25) is 4.79 Å². The fraction of sp³-hybridized carbons (Fsp3) is 0.533. The van der Waals surface area contributed by atoms with Crippen molar-refractivity contribution in [1.29, 1.82) is 0 Å². The van der Waals surface area contributed by atoms with E-state index in [9.17, 15) is 4.79 Å². The minimum absolute atomic E-state index is 0.0421.